The summed E-state index contributed by atoms with van der Waals surface area (Å²) in [6, 6.07) is 4.26. The molecule has 2 unspecified atom stereocenters. The number of benzene rings is 1. The molecule has 116 valence electrons. The molecule has 2 N–H and O–H groups in total. The van der Waals surface area contributed by atoms with Gasteiger partial charge in [0.2, 0.25) is 0 Å². The van der Waals surface area contributed by atoms with Crippen LogP contribution in [0.25, 0.3) is 0 Å². The molecule has 1 saturated carbocycles. The number of rotatable bonds is 4. The third kappa shape index (κ3) is 3.61. The van der Waals surface area contributed by atoms with E-state index in [4.69, 9.17) is 4.74 Å². The number of nitrogens with one attached hydrogen (secondary N) is 1. The summed E-state index contributed by atoms with van der Waals surface area (Å²) in [6.07, 6.45) is 5.19. The highest BCUT2D eigenvalue weighted by molar-refractivity contribution is 9.10. The van der Waals surface area contributed by atoms with E-state index >= 15 is 0 Å². The van der Waals surface area contributed by atoms with Crippen molar-refractivity contribution in [2.24, 2.45) is 5.92 Å². The molecule has 2 aliphatic rings. The number of halogens is 1. The minimum absolute atomic E-state index is 0.534. The molecule has 0 bridgehead atoms. The van der Waals surface area contributed by atoms with Gasteiger partial charge in [0.1, 0.15) is 5.75 Å². The number of hydrogen-bond acceptors (Lipinski definition) is 3. The van der Waals surface area contributed by atoms with Crippen LogP contribution in [-0.2, 0) is 13.0 Å². The first kappa shape index (κ1) is 15.3. The van der Waals surface area contributed by atoms with Crippen molar-refractivity contribution >= 4 is 15.9 Å². The van der Waals surface area contributed by atoms with E-state index in [1.165, 1.54) is 17.5 Å². The summed E-state index contributed by atoms with van der Waals surface area (Å²) in [6.45, 7) is 4.43. The van der Waals surface area contributed by atoms with E-state index in [9.17, 15) is 5.11 Å². The monoisotopic (exact) mass is 353 g/mol. The molecule has 4 heteroatoms. The normalized spacial score (nSPS) is 28.2. The van der Waals surface area contributed by atoms with E-state index in [0.29, 0.717) is 12.5 Å². The highest BCUT2D eigenvalue weighted by Gasteiger charge is 2.32. The number of hydrogen-bond donors (Lipinski definition) is 2. The average molecular weight is 354 g/mol. The van der Waals surface area contributed by atoms with Gasteiger partial charge in [-0.15, -0.1) is 0 Å². The molecule has 1 aromatic rings. The molecule has 0 amide bonds. The van der Waals surface area contributed by atoms with Gasteiger partial charge in [-0.1, -0.05) is 35.7 Å². The van der Waals surface area contributed by atoms with Crippen LogP contribution in [0.15, 0.2) is 16.6 Å². The molecule has 21 heavy (non-hydrogen) atoms. The van der Waals surface area contributed by atoms with E-state index in [-0.39, 0.29) is 0 Å². The predicted octanol–water partition coefficient (Wildman–Crippen LogP) is 3.41. The summed E-state index contributed by atoms with van der Waals surface area (Å²) in [5, 5.41) is 14.1. The van der Waals surface area contributed by atoms with E-state index in [2.05, 4.69) is 40.3 Å². The highest BCUT2D eigenvalue weighted by Crippen LogP contribution is 2.34. The molecule has 1 aliphatic carbocycles. The minimum Gasteiger partial charge on any atom is -0.493 e. The first-order chi connectivity index (χ1) is 10.1. The molecule has 0 spiro atoms. The SMILES string of the molecule is CC1CCCC(O)(CNCc2cc(Br)cc3c2OCC3)C1. The maximum absolute atomic E-state index is 10.7. The first-order valence-electron chi connectivity index (χ1n) is 7.93. The van der Waals surface area contributed by atoms with Gasteiger partial charge in [-0.2, -0.15) is 0 Å². The topological polar surface area (TPSA) is 41.5 Å². The zero-order valence-electron chi connectivity index (χ0n) is 12.6. The van der Waals surface area contributed by atoms with Crippen molar-refractivity contribution < 1.29 is 9.84 Å². The summed E-state index contributed by atoms with van der Waals surface area (Å²) in [4.78, 5) is 0. The maximum Gasteiger partial charge on any atom is 0.127 e. The molecular formula is C17H24BrNO2. The molecule has 1 aliphatic heterocycles. The molecule has 0 radical (unpaired) electrons. The molecule has 1 fully saturated rings. The lowest BCUT2D eigenvalue weighted by atomic mass is 9.79. The lowest BCUT2D eigenvalue weighted by Crippen LogP contribution is -2.43. The Morgan fingerprint density at radius 1 is 1.48 bits per heavy atom. The van der Waals surface area contributed by atoms with Crippen molar-refractivity contribution in [2.45, 2.75) is 51.2 Å². The van der Waals surface area contributed by atoms with Crippen LogP contribution in [0.5, 0.6) is 5.75 Å². The number of ether oxygens (including phenoxy) is 1. The zero-order chi connectivity index (χ0) is 14.9. The molecular weight excluding hydrogens is 330 g/mol. The third-order valence-corrected chi connectivity index (χ3v) is 5.12. The fraction of sp³-hybridized carbons (Fsp3) is 0.647. The van der Waals surface area contributed by atoms with Gasteiger partial charge in [0.15, 0.2) is 0 Å². The van der Waals surface area contributed by atoms with Crippen molar-refractivity contribution in [3.63, 3.8) is 0 Å². The fourth-order valence-electron chi connectivity index (χ4n) is 3.70. The summed E-state index contributed by atoms with van der Waals surface area (Å²) in [5.74, 6) is 1.67. The van der Waals surface area contributed by atoms with Crippen molar-refractivity contribution in [1.29, 1.82) is 0 Å². The minimum atomic E-state index is -0.534. The Balaban J connectivity index is 1.61. The van der Waals surface area contributed by atoms with Crippen LogP contribution in [0.4, 0.5) is 0 Å². The van der Waals surface area contributed by atoms with Gasteiger partial charge >= 0.3 is 0 Å². The largest absolute Gasteiger partial charge is 0.493 e. The Hall–Kier alpha value is -0.580. The zero-order valence-corrected chi connectivity index (χ0v) is 14.2. The second-order valence-corrected chi connectivity index (χ2v) is 7.60. The molecule has 3 rings (SSSR count). The third-order valence-electron chi connectivity index (χ3n) is 4.66. The predicted molar refractivity (Wildman–Crippen MR) is 87.6 cm³/mol. The van der Waals surface area contributed by atoms with Gasteiger partial charge in [0.25, 0.3) is 0 Å². The fourth-order valence-corrected chi connectivity index (χ4v) is 4.25. The van der Waals surface area contributed by atoms with E-state index in [1.54, 1.807) is 0 Å². The van der Waals surface area contributed by atoms with Crippen molar-refractivity contribution in [3.05, 3.63) is 27.7 Å². The highest BCUT2D eigenvalue weighted by atomic mass is 79.9. The van der Waals surface area contributed by atoms with Crippen LogP contribution in [0.1, 0.15) is 43.7 Å². The average Bonchev–Trinajstić information content (AvgIpc) is 2.86. The standard InChI is InChI=1S/C17H24BrNO2/c1-12-3-2-5-17(20,9-12)11-19-10-14-8-15(18)7-13-4-6-21-16(13)14/h7-8,12,19-20H,2-6,9-11H2,1H3. The van der Waals surface area contributed by atoms with Crippen LogP contribution >= 0.6 is 15.9 Å². The molecule has 1 aromatic carbocycles. The second kappa shape index (κ2) is 6.27. The van der Waals surface area contributed by atoms with Crippen molar-refractivity contribution in [1.82, 2.24) is 5.32 Å². The van der Waals surface area contributed by atoms with E-state index in [1.807, 2.05) is 0 Å². The van der Waals surface area contributed by atoms with Gasteiger partial charge in [0, 0.05) is 29.5 Å². The van der Waals surface area contributed by atoms with E-state index in [0.717, 1.165) is 49.1 Å². The number of aliphatic hydroxyl groups is 1. The first-order valence-corrected chi connectivity index (χ1v) is 8.72. The van der Waals surface area contributed by atoms with Gasteiger partial charge in [-0.25, -0.2) is 0 Å². The van der Waals surface area contributed by atoms with Crippen molar-refractivity contribution in [2.75, 3.05) is 13.2 Å². The lowest BCUT2D eigenvalue weighted by molar-refractivity contribution is -0.0119. The molecule has 2 atom stereocenters. The van der Waals surface area contributed by atoms with E-state index < -0.39 is 5.60 Å². The van der Waals surface area contributed by atoms with Crippen LogP contribution in [-0.4, -0.2) is 23.9 Å². The Bertz CT molecular complexity index is 520. The maximum atomic E-state index is 10.7. The van der Waals surface area contributed by atoms with Crippen LogP contribution in [0, 0.1) is 5.92 Å². The van der Waals surface area contributed by atoms with Gasteiger partial charge in [-0.05, 0) is 36.5 Å². The Morgan fingerprint density at radius 2 is 2.33 bits per heavy atom. The molecule has 0 saturated heterocycles. The molecule has 3 nitrogen and oxygen atoms in total. The molecule has 1 heterocycles. The smallest absolute Gasteiger partial charge is 0.127 e. The van der Waals surface area contributed by atoms with Gasteiger partial charge < -0.3 is 15.2 Å². The number of fused-ring (bicyclic) bond motifs is 1. The Kier molecular flexibility index (Phi) is 4.57. The van der Waals surface area contributed by atoms with Crippen molar-refractivity contribution in [3.8, 4) is 5.75 Å². The summed E-state index contributed by atoms with van der Waals surface area (Å²) in [7, 11) is 0. The quantitative estimate of drug-likeness (QED) is 0.871. The van der Waals surface area contributed by atoms with Gasteiger partial charge in [0.05, 0.1) is 12.2 Å². The van der Waals surface area contributed by atoms with Crippen LogP contribution < -0.4 is 10.1 Å². The lowest BCUT2D eigenvalue weighted by Gasteiger charge is -2.35. The van der Waals surface area contributed by atoms with Crippen LogP contribution in [0.2, 0.25) is 0 Å². The van der Waals surface area contributed by atoms with Crippen LogP contribution in [0.3, 0.4) is 0 Å². The molecule has 0 aromatic heterocycles. The summed E-state index contributed by atoms with van der Waals surface area (Å²) in [5.41, 5.74) is 1.93. The Morgan fingerprint density at radius 3 is 3.14 bits per heavy atom. The van der Waals surface area contributed by atoms with Gasteiger partial charge in [-0.3, -0.25) is 0 Å². The summed E-state index contributed by atoms with van der Waals surface area (Å²) >= 11 is 3.57. The second-order valence-electron chi connectivity index (χ2n) is 6.68. The summed E-state index contributed by atoms with van der Waals surface area (Å²) < 4.78 is 6.85. The Labute approximate surface area is 135 Å².